The van der Waals surface area contributed by atoms with Gasteiger partial charge in [-0.1, -0.05) is 0 Å². The number of nitrogens with zero attached hydrogens (tertiary/aromatic N) is 3. The number of amides is 1. The molecule has 0 saturated carbocycles. The zero-order chi connectivity index (χ0) is 13.7. The molecule has 0 bridgehead atoms. The van der Waals surface area contributed by atoms with Crippen LogP contribution in [0.5, 0.6) is 0 Å². The fraction of sp³-hybridized carbons (Fsp3) is 0.615. The van der Waals surface area contributed by atoms with E-state index in [1.54, 1.807) is 6.20 Å². The van der Waals surface area contributed by atoms with Crippen molar-refractivity contribution >= 4 is 5.91 Å². The van der Waals surface area contributed by atoms with Crippen molar-refractivity contribution < 1.29 is 4.79 Å². The van der Waals surface area contributed by atoms with Gasteiger partial charge in [0, 0.05) is 32.4 Å². The van der Waals surface area contributed by atoms with Crippen LogP contribution in [0.2, 0.25) is 0 Å². The first-order valence-electron chi connectivity index (χ1n) is 6.61. The van der Waals surface area contributed by atoms with Crippen LogP contribution in [0.15, 0.2) is 18.3 Å². The van der Waals surface area contributed by atoms with Gasteiger partial charge in [-0.3, -0.25) is 9.69 Å². The summed E-state index contributed by atoms with van der Waals surface area (Å²) in [6, 6.07) is 3.67. The Morgan fingerprint density at radius 1 is 1.47 bits per heavy atom. The summed E-state index contributed by atoms with van der Waals surface area (Å²) < 4.78 is 0. The molecule has 2 N–H and O–H groups in total. The molecule has 0 radical (unpaired) electrons. The molecule has 0 atom stereocenters. The van der Waals surface area contributed by atoms with Crippen LogP contribution in [0, 0.1) is 0 Å². The fourth-order valence-electron chi connectivity index (χ4n) is 2.18. The van der Waals surface area contributed by atoms with E-state index in [2.05, 4.69) is 25.7 Å². The second kappa shape index (κ2) is 6.08. The van der Waals surface area contributed by atoms with Crippen molar-refractivity contribution in [3.05, 3.63) is 24.0 Å². The highest BCUT2D eigenvalue weighted by Crippen LogP contribution is 2.15. The van der Waals surface area contributed by atoms with Crippen molar-refractivity contribution in [2.75, 3.05) is 26.2 Å². The monoisotopic (exact) mass is 263 g/mol. The van der Waals surface area contributed by atoms with Crippen LogP contribution in [0.1, 0.15) is 19.5 Å². The Hall–Kier alpha value is -1.53. The first-order valence-corrected chi connectivity index (χ1v) is 6.61. The molecule has 1 saturated heterocycles. The van der Waals surface area contributed by atoms with Gasteiger partial charge in [0.2, 0.25) is 5.91 Å². The lowest BCUT2D eigenvalue weighted by Gasteiger charge is -2.39. The first kappa shape index (κ1) is 13.9. The molecule has 0 spiro atoms. The summed E-state index contributed by atoms with van der Waals surface area (Å²) in [6.07, 6.45) is 1.62. The van der Waals surface area contributed by atoms with Gasteiger partial charge in [-0.2, -0.15) is 10.2 Å². The topological polar surface area (TPSA) is 70.2 Å². The Labute approximate surface area is 113 Å². The molecule has 2 heterocycles. The Morgan fingerprint density at radius 3 is 2.84 bits per heavy atom. The average molecular weight is 263 g/mol. The van der Waals surface area contributed by atoms with Crippen molar-refractivity contribution in [2.24, 2.45) is 0 Å². The Balaban J connectivity index is 1.90. The predicted molar refractivity (Wildman–Crippen MR) is 72.4 cm³/mol. The summed E-state index contributed by atoms with van der Waals surface area (Å²) in [5.74, 6) is 0.0278. The quantitative estimate of drug-likeness (QED) is 0.786. The van der Waals surface area contributed by atoms with E-state index in [-0.39, 0.29) is 5.91 Å². The van der Waals surface area contributed by atoms with Crippen LogP contribution in [-0.2, 0) is 11.3 Å². The minimum atomic E-state index is -0.496. The standard InChI is InChI=1S/C13H21N5O/c1-13(2,18-8-6-14-7-9-18)12(19)15-10-11-4-3-5-16-17-11/h3-5,14H,6-10H2,1-2H3,(H,15,19). The summed E-state index contributed by atoms with van der Waals surface area (Å²) >= 11 is 0. The van der Waals surface area contributed by atoms with E-state index in [0.717, 1.165) is 31.9 Å². The van der Waals surface area contributed by atoms with E-state index in [0.29, 0.717) is 6.54 Å². The molecule has 6 nitrogen and oxygen atoms in total. The van der Waals surface area contributed by atoms with Gasteiger partial charge in [0.1, 0.15) is 0 Å². The largest absolute Gasteiger partial charge is 0.349 e. The number of carbonyl (C=O) groups is 1. The molecule has 1 aromatic rings. The van der Waals surface area contributed by atoms with Gasteiger partial charge in [-0.15, -0.1) is 0 Å². The molecule has 0 unspecified atom stereocenters. The molecule has 1 aromatic heterocycles. The second-order valence-corrected chi connectivity index (χ2v) is 5.19. The van der Waals surface area contributed by atoms with E-state index in [1.165, 1.54) is 0 Å². The van der Waals surface area contributed by atoms with Gasteiger partial charge in [0.05, 0.1) is 17.8 Å². The van der Waals surface area contributed by atoms with Gasteiger partial charge >= 0.3 is 0 Å². The summed E-state index contributed by atoms with van der Waals surface area (Å²) in [5, 5.41) is 14.0. The summed E-state index contributed by atoms with van der Waals surface area (Å²) in [6.45, 7) is 8.00. The third-order valence-electron chi connectivity index (χ3n) is 3.52. The maximum Gasteiger partial charge on any atom is 0.240 e. The molecule has 1 aliphatic rings. The molecule has 1 fully saturated rings. The van der Waals surface area contributed by atoms with Crippen LogP contribution in [-0.4, -0.2) is 52.7 Å². The van der Waals surface area contributed by atoms with Gasteiger partial charge in [0.15, 0.2) is 0 Å². The van der Waals surface area contributed by atoms with E-state index in [1.807, 2.05) is 26.0 Å². The van der Waals surface area contributed by atoms with Crippen molar-refractivity contribution in [2.45, 2.75) is 25.9 Å². The maximum atomic E-state index is 12.3. The molecular weight excluding hydrogens is 242 g/mol. The molecule has 19 heavy (non-hydrogen) atoms. The van der Waals surface area contributed by atoms with Gasteiger partial charge < -0.3 is 10.6 Å². The van der Waals surface area contributed by atoms with Crippen molar-refractivity contribution in [1.82, 2.24) is 25.7 Å². The summed E-state index contributed by atoms with van der Waals surface area (Å²) in [7, 11) is 0. The van der Waals surface area contributed by atoms with E-state index in [9.17, 15) is 4.79 Å². The predicted octanol–water partition coefficient (Wildman–Crippen LogP) is -0.223. The molecule has 0 aliphatic carbocycles. The number of piperazine rings is 1. The SMILES string of the molecule is CC(C)(C(=O)NCc1cccnn1)N1CCNCC1. The van der Waals surface area contributed by atoms with Crippen LogP contribution in [0.3, 0.4) is 0 Å². The third-order valence-corrected chi connectivity index (χ3v) is 3.52. The lowest BCUT2D eigenvalue weighted by Crippen LogP contribution is -2.59. The lowest BCUT2D eigenvalue weighted by atomic mass is 10.0. The van der Waals surface area contributed by atoms with Gasteiger partial charge in [0.25, 0.3) is 0 Å². The first-order chi connectivity index (χ1) is 9.10. The zero-order valence-electron chi connectivity index (χ0n) is 11.5. The van der Waals surface area contributed by atoms with E-state index < -0.39 is 5.54 Å². The highest BCUT2D eigenvalue weighted by Gasteiger charge is 2.34. The number of hydrogen-bond acceptors (Lipinski definition) is 5. The normalized spacial score (nSPS) is 17.2. The lowest BCUT2D eigenvalue weighted by molar-refractivity contribution is -0.132. The van der Waals surface area contributed by atoms with Gasteiger partial charge in [-0.05, 0) is 26.0 Å². The zero-order valence-corrected chi connectivity index (χ0v) is 11.5. The number of carbonyl (C=O) groups excluding carboxylic acids is 1. The minimum Gasteiger partial charge on any atom is -0.349 e. The van der Waals surface area contributed by atoms with Crippen LogP contribution in [0.25, 0.3) is 0 Å². The van der Waals surface area contributed by atoms with Crippen molar-refractivity contribution in [3.8, 4) is 0 Å². The second-order valence-electron chi connectivity index (χ2n) is 5.19. The molecule has 1 amide bonds. The Morgan fingerprint density at radius 2 is 2.21 bits per heavy atom. The van der Waals surface area contributed by atoms with E-state index >= 15 is 0 Å². The third kappa shape index (κ3) is 3.48. The molecule has 6 heteroatoms. The van der Waals surface area contributed by atoms with Crippen molar-refractivity contribution in [1.29, 1.82) is 0 Å². The smallest absolute Gasteiger partial charge is 0.240 e. The maximum absolute atomic E-state index is 12.3. The molecule has 104 valence electrons. The summed E-state index contributed by atoms with van der Waals surface area (Å²) in [4.78, 5) is 14.5. The Bertz CT molecular complexity index is 414. The molecule has 1 aliphatic heterocycles. The minimum absolute atomic E-state index is 0.0278. The number of rotatable bonds is 4. The summed E-state index contributed by atoms with van der Waals surface area (Å²) in [5.41, 5.74) is 0.275. The van der Waals surface area contributed by atoms with Crippen LogP contribution >= 0.6 is 0 Å². The molecular formula is C13H21N5O. The molecule has 0 aromatic carbocycles. The highest BCUT2D eigenvalue weighted by atomic mass is 16.2. The number of hydrogen-bond donors (Lipinski definition) is 2. The van der Waals surface area contributed by atoms with Crippen LogP contribution < -0.4 is 10.6 Å². The fourth-order valence-corrected chi connectivity index (χ4v) is 2.18. The van der Waals surface area contributed by atoms with Gasteiger partial charge in [-0.25, -0.2) is 0 Å². The average Bonchev–Trinajstić information content (AvgIpc) is 2.46. The Kier molecular flexibility index (Phi) is 4.44. The number of nitrogens with one attached hydrogen (secondary N) is 2. The molecule has 2 rings (SSSR count). The van der Waals surface area contributed by atoms with Crippen molar-refractivity contribution in [3.63, 3.8) is 0 Å². The van der Waals surface area contributed by atoms with Crippen LogP contribution in [0.4, 0.5) is 0 Å². The highest BCUT2D eigenvalue weighted by molar-refractivity contribution is 5.85. The number of aromatic nitrogens is 2. The van der Waals surface area contributed by atoms with E-state index in [4.69, 9.17) is 0 Å².